The topological polar surface area (TPSA) is 59.6 Å². The third kappa shape index (κ3) is 6.29. The molecule has 2 rings (SSSR count). The molecule has 1 amide bonds. The number of carbonyl (C=O) groups excluding carboxylic acids is 1. The summed E-state index contributed by atoms with van der Waals surface area (Å²) in [5.41, 5.74) is 0.508. The van der Waals surface area contributed by atoms with Gasteiger partial charge in [-0.1, -0.05) is 24.3 Å². The van der Waals surface area contributed by atoms with Crippen LogP contribution in [0.3, 0.4) is 0 Å². The first-order chi connectivity index (χ1) is 11.8. The van der Waals surface area contributed by atoms with Crippen molar-refractivity contribution in [1.82, 2.24) is 10.6 Å². The van der Waals surface area contributed by atoms with Crippen LogP contribution in [-0.2, 0) is 0 Å². The molecule has 2 N–H and O–H groups in total. The first-order valence-corrected chi connectivity index (χ1v) is 8.17. The van der Waals surface area contributed by atoms with Gasteiger partial charge < -0.3 is 20.1 Å². The molecule has 0 saturated carbocycles. The van der Waals surface area contributed by atoms with Gasteiger partial charge in [-0.25, -0.2) is 0 Å². The quantitative estimate of drug-likeness (QED) is 0.667. The Morgan fingerprint density at radius 2 is 1.60 bits per heavy atom. The smallest absolute Gasteiger partial charge is 0.255 e. The van der Waals surface area contributed by atoms with Crippen molar-refractivity contribution in [2.75, 3.05) is 26.7 Å². The van der Waals surface area contributed by atoms with Crippen LogP contribution in [0.25, 0.3) is 0 Å². The van der Waals surface area contributed by atoms with E-state index in [-0.39, 0.29) is 18.3 Å². The maximum absolute atomic E-state index is 12.4. The summed E-state index contributed by atoms with van der Waals surface area (Å²) in [7, 11) is 1.89. The van der Waals surface area contributed by atoms with E-state index in [4.69, 9.17) is 9.47 Å². The van der Waals surface area contributed by atoms with E-state index >= 15 is 0 Å². The predicted molar refractivity (Wildman–Crippen MR) is 102 cm³/mol. The second-order valence-corrected chi connectivity index (χ2v) is 5.19. The van der Waals surface area contributed by atoms with Gasteiger partial charge in [0.15, 0.2) is 11.5 Å². The van der Waals surface area contributed by atoms with E-state index in [1.807, 2.05) is 50.4 Å². The molecular formula is C19H25ClN2O3. The standard InChI is InChI=1S/C19H24N2O3.ClH/c1-3-23-17-11-6-7-12-18(17)24-16-10-5-4-9-15(16)19(22)21-14-8-13-20-2;/h4-7,9-12,20H,3,8,13-14H2,1-2H3,(H,21,22);1H. The number of ether oxygens (including phenoxy) is 2. The van der Waals surface area contributed by atoms with Crippen molar-refractivity contribution in [3.05, 3.63) is 54.1 Å². The third-order valence-electron chi connectivity index (χ3n) is 3.39. The fraction of sp³-hybridized carbons (Fsp3) is 0.316. The van der Waals surface area contributed by atoms with Crippen molar-refractivity contribution in [1.29, 1.82) is 0 Å². The molecule has 0 fully saturated rings. The van der Waals surface area contributed by atoms with Crippen molar-refractivity contribution >= 4 is 18.3 Å². The van der Waals surface area contributed by atoms with E-state index in [9.17, 15) is 4.79 Å². The van der Waals surface area contributed by atoms with E-state index in [1.165, 1.54) is 0 Å². The van der Waals surface area contributed by atoms with Crippen LogP contribution in [0.5, 0.6) is 17.2 Å². The van der Waals surface area contributed by atoms with Crippen molar-refractivity contribution in [2.45, 2.75) is 13.3 Å². The van der Waals surface area contributed by atoms with Gasteiger partial charge in [0.1, 0.15) is 5.75 Å². The van der Waals surface area contributed by atoms with Gasteiger partial charge in [-0.05, 0) is 51.2 Å². The number of hydrogen-bond donors (Lipinski definition) is 2. The molecule has 0 aliphatic rings. The van der Waals surface area contributed by atoms with E-state index in [2.05, 4.69) is 10.6 Å². The van der Waals surface area contributed by atoms with Crippen molar-refractivity contribution in [3.63, 3.8) is 0 Å². The number of carbonyl (C=O) groups is 1. The second kappa shape index (κ2) is 11.3. The SMILES string of the molecule is CCOc1ccccc1Oc1ccccc1C(=O)NCCCNC.Cl. The monoisotopic (exact) mass is 364 g/mol. The molecule has 5 nitrogen and oxygen atoms in total. The molecule has 0 spiro atoms. The predicted octanol–water partition coefficient (Wildman–Crippen LogP) is 3.64. The van der Waals surface area contributed by atoms with Crippen LogP contribution in [0.4, 0.5) is 0 Å². The third-order valence-corrected chi connectivity index (χ3v) is 3.39. The molecule has 136 valence electrons. The zero-order valence-electron chi connectivity index (χ0n) is 14.6. The number of benzene rings is 2. The van der Waals surface area contributed by atoms with Crippen molar-refractivity contribution in [3.8, 4) is 17.2 Å². The lowest BCUT2D eigenvalue weighted by Crippen LogP contribution is -2.26. The Bertz CT molecular complexity index is 665. The molecule has 0 aliphatic heterocycles. The van der Waals surface area contributed by atoms with E-state index in [0.29, 0.717) is 36.0 Å². The average molecular weight is 365 g/mol. The highest BCUT2D eigenvalue weighted by Crippen LogP contribution is 2.32. The van der Waals surface area contributed by atoms with Crippen LogP contribution in [0.1, 0.15) is 23.7 Å². The normalized spacial score (nSPS) is 9.84. The zero-order chi connectivity index (χ0) is 17.2. The Morgan fingerprint density at radius 3 is 2.28 bits per heavy atom. The summed E-state index contributed by atoms with van der Waals surface area (Å²) in [6, 6.07) is 14.6. The summed E-state index contributed by atoms with van der Waals surface area (Å²) in [6.45, 7) is 3.95. The average Bonchev–Trinajstić information content (AvgIpc) is 2.61. The Morgan fingerprint density at radius 1 is 0.960 bits per heavy atom. The van der Waals surface area contributed by atoms with Gasteiger partial charge in [0.25, 0.3) is 5.91 Å². The van der Waals surface area contributed by atoms with Crippen molar-refractivity contribution in [2.24, 2.45) is 0 Å². The Kier molecular flexibility index (Phi) is 9.43. The Balaban J connectivity index is 0.00000312. The summed E-state index contributed by atoms with van der Waals surface area (Å²) < 4.78 is 11.5. The lowest BCUT2D eigenvalue weighted by atomic mass is 10.2. The molecule has 2 aromatic rings. The van der Waals surface area contributed by atoms with Gasteiger partial charge in [0, 0.05) is 6.54 Å². The summed E-state index contributed by atoms with van der Waals surface area (Å²) in [6.07, 6.45) is 0.873. The van der Waals surface area contributed by atoms with Crippen LogP contribution in [0, 0.1) is 0 Å². The van der Waals surface area contributed by atoms with Gasteiger partial charge in [0.2, 0.25) is 0 Å². The molecule has 0 saturated heterocycles. The minimum atomic E-state index is -0.143. The summed E-state index contributed by atoms with van der Waals surface area (Å²) in [4.78, 5) is 12.4. The molecule has 0 heterocycles. The fourth-order valence-corrected chi connectivity index (χ4v) is 2.23. The van der Waals surface area contributed by atoms with Gasteiger partial charge in [-0.15, -0.1) is 12.4 Å². The van der Waals surface area contributed by atoms with Crippen LogP contribution < -0.4 is 20.1 Å². The molecule has 0 unspecified atom stereocenters. The van der Waals surface area contributed by atoms with Crippen LogP contribution in [0.15, 0.2) is 48.5 Å². The summed E-state index contributed by atoms with van der Waals surface area (Å²) >= 11 is 0. The van der Waals surface area contributed by atoms with Crippen LogP contribution >= 0.6 is 12.4 Å². The van der Waals surface area contributed by atoms with E-state index in [1.54, 1.807) is 12.1 Å². The maximum Gasteiger partial charge on any atom is 0.255 e. The summed E-state index contributed by atoms with van der Waals surface area (Å²) in [5, 5.41) is 5.96. The molecule has 0 bridgehead atoms. The lowest BCUT2D eigenvalue weighted by Gasteiger charge is -2.14. The number of para-hydroxylation sites is 3. The molecule has 0 aliphatic carbocycles. The molecule has 0 radical (unpaired) electrons. The van der Waals surface area contributed by atoms with Crippen LogP contribution in [-0.4, -0.2) is 32.7 Å². The lowest BCUT2D eigenvalue weighted by molar-refractivity contribution is 0.0951. The fourth-order valence-electron chi connectivity index (χ4n) is 2.23. The molecule has 2 aromatic carbocycles. The van der Waals surface area contributed by atoms with E-state index < -0.39 is 0 Å². The zero-order valence-corrected chi connectivity index (χ0v) is 15.4. The highest BCUT2D eigenvalue weighted by Gasteiger charge is 2.14. The first kappa shape index (κ1) is 20.8. The van der Waals surface area contributed by atoms with Gasteiger partial charge in [0.05, 0.1) is 12.2 Å². The number of amides is 1. The Hall–Kier alpha value is -2.24. The molecule has 0 atom stereocenters. The van der Waals surface area contributed by atoms with Gasteiger partial charge >= 0.3 is 0 Å². The van der Waals surface area contributed by atoms with Crippen LogP contribution in [0.2, 0.25) is 0 Å². The van der Waals surface area contributed by atoms with Crippen molar-refractivity contribution < 1.29 is 14.3 Å². The largest absolute Gasteiger partial charge is 0.490 e. The van der Waals surface area contributed by atoms with Gasteiger partial charge in [-0.3, -0.25) is 4.79 Å². The molecular weight excluding hydrogens is 340 g/mol. The minimum Gasteiger partial charge on any atom is -0.490 e. The number of halogens is 1. The minimum absolute atomic E-state index is 0. The molecule has 0 aromatic heterocycles. The molecule has 6 heteroatoms. The number of hydrogen-bond acceptors (Lipinski definition) is 4. The highest BCUT2D eigenvalue weighted by atomic mass is 35.5. The summed E-state index contributed by atoms with van der Waals surface area (Å²) in [5.74, 6) is 1.62. The maximum atomic E-state index is 12.4. The molecule has 25 heavy (non-hydrogen) atoms. The highest BCUT2D eigenvalue weighted by molar-refractivity contribution is 5.97. The number of rotatable bonds is 9. The second-order valence-electron chi connectivity index (χ2n) is 5.19. The van der Waals surface area contributed by atoms with Gasteiger partial charge in [-0.2, -0.15) is 0 Å². The first-order valence-electron chi connectivity index (χ1n) is 8.17. The number of nitrogens with one attached hydrogen (secondary N) is 2. The van der Waals surface area contributed by atoms with E-state index in [0.717, 1.165) is 13.0 Å². The Labute approximate surface area is 155 Å².